The van der Waals surface area contributed by atoms with E-state index in [-0.39, 0.29) is 17.9 Å². The van der Waals surface area contributed by atoms with E-state index in [0.29, 0.717) is 5.56 Å². The summed E-state index contributed by atoms with van der Waals surface area (Å²) in [6, 6.07) is 1.75. The molecular formula is C15H22N4O. The van der Waals surface area contributed by atoms with Crippen LogP contribution >= 0.6 is 0 Å². The summed E-state index contributed by atoms with van der Waals surface area (Å²) in [4.78, 5) is 16.8. The molecule has 5 nitrogen and oxygen atoms in total. The first-order valence-corrected chi connectivity index (χ1v) is 6.81. The highest BCUT2D eigenvalue weighted by Gasteiger charge is 2.23. The minimum absolute atomic E-state index is 0.0511. The monoisotopic (exact) mass is 274 g/mol. The van der Waals surface area contributed by atoms with Crippen molar-refractivity contribution >= 4 is 5.91 Å². The molecule has 1 N–H and O–H groups in total. The Kier molecular flexibility index (Phi) is 3.97. The average Bonchev–Trinajstić information content (AvgIpc) is 2.94. The Morgan fingerprint density at radius 3 is 2.40 bits per heavy atom. The van der Waals surface area contributed by atoms with Crippen molar-refractivity contribution < 1.29 is 4.79 Å². The molecule has 0 radical (unpaired) electrons. The number of imidazole rings is 1. The lowest BCUT2D eigenvalue weighted by atomic mass is 10.0. The minimum Gasteiger partial charge on any atom is -0.354 e. The molecule has 0 aliphatic heterocycles. The highest BCUT2D eigenvalue weighted by Crippen LogP contribution is 2.21. The van der Waals surface area contributed by atoms with Gasteiger partial charge < -0.3 is 14.5 Å². The maximum atomic E-state index is 12.4. The molecule has 2 rings (SSSR count). The smallest absolute Gasteiger partial charge is 0.253 e. The van der Waals surface area contributed by atoms with Crippen LogP contribution in [-0.4, -0.2) is 20.0 Å². The Labute approximate surface area is 119 Å². The quantitative estimate of drug-likeness (QED) is 0.929. The van der Waals surface area contributed by atoms with Crippen molar-refractivity contribution in [3.05, 3.63) is 41.7 Å². The van der Waals surface area contributed by atoms with Gasteiger partial charge in [-0.25, -0.2) is 4.98 Å². The largest absolute Gasteiger partial charge is 0.354 e. The van der Waals surface area contributed by atoms with E-state index in [0.717, 1.165) is 11.5 Å². The molecule has 2 heterocycles. The van der Waals surface area contributed by atoms with Crippen LogP contribution in [0.3, 0.4) is 0 Å². The van der Waals surface area contributed by atoms with E-state index in [1.807, 2.05) is 48.6 Å². The van der Waals surface area contributed by atoms with E-state index in [1.54, 1.807) is 6.20 Å². The van der Waals surface area contributed by atoms with Gasteiger partial charge in [0.15, 0.2) is 0 Å². The highest BCUT2D eigenvalue weighted by atomic mass is 16.1. The third kappa shape index (κ3) is 2.61. The number of carbonyl (C=O) groups excluding carboxylic acids is 1. The van der Waals surface area contributed by atoms with Crippen LogP contribution in [0.15, 0.2) is 24.7 Å². The predicted octanol–water partition coefficient (Wildman–Crippen LogP) is 2.19. The molecule has 0 saturated heterocycles. The van der Waals surface area contributed by atoms with Crippen LogP contribution in [0, 0.1) is 12.8 Å². The maximum absolute atomic E-state index is 12.4. The second kappa shape index (κ2) is 5.53. The topological polar surface area (TPSA) is 51.9 Å². The van der Waals surface area contributed by atoms with Gasteiger partial charge in [0.05, 0.1) is 11.6 Å². The zero-order chi connectivity index (χ0) is 14.9. The van der Waals surface area contributed by atoms with Gasteiger partial charge in [0.25, 0.3) is 5.91 Å². The molecule has 20 heavy (non-hydrogen) atoms. The van der Waals surface area contributed by atoms with Crippen molar-refractivity contribution in [2.45, 2.75) is 26.8 Å². The van der Waals surface area contributed by atoms with Gasteiger partial charge in [-0.2, -0.15) is 0 Å². The van der Waals surface area contributed by atoms with Gasteiger partial charge in [-0.05, 0) is 18.9 Å². The van der Waals surface area contributed by atoms with E-state index in [9.17, 15) is 4.79 Å². The van der Waals surface area contributed by atoms with E-state index in [2.05, 4.69) is 24.1 Å². The number of rotatable bonds is 4. The Morgan fingerprint density at radius 2 is 1.95 bits per heavy atom. The van der Waals surface area contributed by atoms with E-state index < -0.39 is 0 Å². The normalized spacial score (nSPS) is 12.7. The Balaban J connectivity index is 2.24. The van der Waals surface area contributed by atoms with E-state index in [4.69, 9.17) is 0 Å². The molecule has 5 heteroatoms. The molecule has 0 aliphatic carbocycles. The summed E-state index contributed by atoms with van der Waals surface area (Å²) in [5, 5.41) is 3.09. The minimum atomic E-state index is -0.0953. The van der Waals surface area contributed by atoms with Crippen LogP contribution in [0.5, 0.6) is 0 Å². The van der Waals surface area contributed by atoms with Crippen LogP contribution in [0.4, 0.5) is 0 Å². The number of carbonyl (C=O) groups is 1. The van der Waals surface area contributed by atoms with Crippen LogP contribution in [0.1, 0.15) is 41.8 Å². The molecule has 0 unspecified atom stereocenters. The number of hydrogen-bond donors (Lipinski definition) is 1. The van der Waals surface area contributed by atoms with Gasteiger partial charge in [-0.1, -0.05) is 13.8 Å². The summed E-state index contributed by atoms with van der Waals surface area (Å²) < 4.78 is 3.89. The first kappa shape index (κ1) is 14.4. The van der Waals surface area contributed by atoms with Gasteiger partial charge in [0.2, 0.25) is 0 Å². The first-order chi connectivity index (χ1) is 9.41. The lowest BCUT2D eigenvalue weighted by Gasteiger charge is -2.22. The molecular weight excluding hydrogens is 252 g/mol. The van der Waals surface area contributed by atoms with Crippen molar-refractivity contribution in [3.63, 3.8) is 0 Å². The summed E-state index contributed by atoms with van der Waals surface area (Å²) in [7, 11) is 3.88. The zero-order valence-corrected chi connectivity index (χ0v) is 12.7. The summed E-state index contributed by atoms with van der Waals surface area (Å²) in [5.74, 6) is 1.09. The van der Waals surface area contributed by atoms with Gasteiger partial charge in [-0.3, -0.25) is 4.79 Å². The molecule has 2 aromatic heterocycles. The molecule has 0 bridgehead atoms. The predicted molar refractivity (Wildman–Crippen MR) is 78.4 cm³/mol. The molecule has 0 aromatic carbocycles. The van der Waals surface area contributed by atoms with Crippen LogP contribution in [0.25, 0.3) is 0 Å². The SMILES string of the molecule is Cc1c(C(=O)N[C@H](c2nccn2C)C(C)C)ccn1C. The number of amides is 1. The summed E-state index contributed by atoms with van der Waals surface area (Å²) in [5.41, 5.74) is 1.68. The second-order valence-electron chi connectivity index (χ2n) is 5.52. The number of nitrogens with zero attached hydrogens (tertiary/aromatic N) is 3. The first-order valence-electron chi connectivity index (χ1n) is 6.81. The van der Waals surface area contributed by atoms with Gasteiger partial charge >= 0.3 is 0 Å². The fourth-order valence-corrected chi connectivity index (χ4v) is 2.27. The van der Waals surface area contributed by atoms with E-state index >= 15 is 0 Å². The van der Waals surface area contributed by atoms with Crippen LogP contribution in [-0.2, 0) is 14.1 Å². The molecule has 0 saturated carbocycles. The molecule has 0 aliphatic rings. The van der Waals surface area contributed by atoms with Gasteiger partial charge in [0, 0.05) is 38.4 Å². The second-order valence-corrected chi connectivity index (χ2v) is 5.52. The molecule has 108 valence electrons. The standard InChI is InChI=1S/C15H22N4O/c1-10(2)13(14-16-7-9-19(14)5)17-15(20)12-6-8-18(4)11(12)3/h6-10,13H,1-5H3,(H,17,20)/t13-/m0/s1. The van der Waals surface area contributed by atoms with Crippen LogP contribution < -0.4 is 5.32 Å². The lowest BCUT2D eigenvalue weighted by Crippen LogP contribution is -2.33. The Hall–Kier alpha value is -2.04. The highest BCUT2D eigenvalue weighted by molar-refractivity contribution is 5.95. The van der Waals surface area contributed by atoms with Crippen molar-refractivity contribution in [1.29, 1.82) is 0 Å². The fraction of sp³-hybridized carbons (Fsp3) is 0.467. The third-order valence-electron chi connectivity index (χ3n) is 3.72. The van der Waals surface area contributed by atoms with Gasteiger partial charge in [0.1, 0.15) is 5.82 Å². The number of hydrogen-bond acceptors (Lipinski definition) is 2. The molecule has 0 fully saturated rings. The summed E-state index contributed by atoms with van der Waals surface area (Å²) >= 11 is 0. The Morgan fingerprint density at radius 1 is 1.25 bits per heavy atom. The maximum Gasteiger partial charge on any atom is 0.253 e. The van der Waals surface area contributed by atoms with E-state index in [1.165, 1.54) is 0 Å². The number of nitrogens with one attached hydrogen (secondary N) is 1. The van der Waals surface area contributed by atoms with Crippen LogP contribution in [0.2, 0.25) is 0 Å². The van der Waals surface area contributed by atoms with Crippen molar-refractivity contribution in [3.8, 4) is 0 Å². The Bertz CT molecular complexity index is 609. The van der Waals surface area contributed by atoms with Crippen molar-refractivity contribution in [2.75, 3.05) is 0 Å². The molecule has 0 spiro atoms. The molecule has 2 aromatic rings. The number of aromatic nitrogens is 3. The molecule has 1 atom stereocenters. The average molecular weight is 274 g/mol. The zero-order valence-electron chi connectivity index (χ0n) is 12.7. The van der Waals surface area contributed by atoms with Crippen molar-refractivity contribution in [2.24, 2.45) is 20.0 Å². The van der Waals surface area contributed by atoms with Gasteiger partial charge in [-0.15, -0.1) is 0 Å². The molecule has 1 amide bonds. The fourth-order valence-electron chi connectivity index (χ4n) is 2.27. The third-order valence-corrected chi connectivity index (χ3v) is 3.72. The van der Waals surface area contributed by atoms with Crippen molar-refractivity contribution in [1.82, 2.24) is 19.4 Å². The summed E-state index contributed by atoms with van der Waals surface area (Å²) in [6.45, 7) is 6.11. The lowest BCUT2D eigenvalue weighted by molar-refractivity contribution is 0.0921. The summed E-state index contributed by atoms with van der Waals surface area (Å²) in [6.07, 6.45) is 5.55. The number of aryl methyl sites for hydroxylation is 2.